The molecule has 1 heterocycles. The van der Waals surface area contributed by atoms with E-state index in [2.05, 4.69) is 10.3 Å². The van der Waals surface area contributed by atoms with Crippen LogP contribution in [-0.4, -0.2) is 10.9 Å². The number of rotatable bonds is 2. The minimum Gasteiger partial charge on any atom is -0.322 e. The molecule has 0 saturated heterocycles. The standard InChI is InChI=1S/C16H11ClN2O/c17-15-10-12(8-9-18-15)19-16(20)14-7-3-5-11-4-1-2-6-13(11)14/h1-10H,(H,18,19,20). The van der Waals surface area contributed by atoms with Crippen molar-refractivity contribution >= 4 is 34.0 Å². The number of nitrogens with zero attached hydrogens (tertiary/aromatic N) is 1. The van der Waals surface area contributed by atoms with Crippen molar-refractivity contribution in [2.24, 2.45) is 0 Å². The second-order valence-corrected chi connectivity index (χ2v) is 4.74. The second-order valence-electron chi connectivity index (χ2n) is 4.35. The molecule has 0 fully saturated rings. The summed E-state index contributed by atoms with van der Waals surface area (Å²) in [5.74, 6) is -0.163. The summed E-state index contributed by atoms with van der Waals surface area (Å²) < 4.78 is 0. The molecule has 0 unspecified atom stereocenters. The first-order valence-electron chi connectivity index (χ1n) is 6.15. The van der Waals surface area contributed by atoms with E-state index in [4.69, 9.17) is 11.6 Å². The Morgan fingerprint density at radius 1 is 1.05 bits per heavy atom. The van der Waals surface area contributed by atoms with Gasteiger partial charge in [0.25, 0.3) is 5.91 Å². The molecule has 1 amide bonds. The molecule has 0 radical (unpaired) electrons. The SMILES string of the molecule is O=C(Nc1ccnc(Cl)c1)c1cccc2ccccc12. The minimum absolute atomic E-state index is 0.163. The Kier molecular flexibility index (Phi) is 3.35. The molecule has 0 spiro atoms. The number of benzene rings is 2. The van der Waals surface area contributed by atoms with Crippen molar-refractivity contribution in [3.05, 3.63) is 71.5 Å². The first-order chi connectivity index (χ1) is 9.74. The van der Waals surface area contributed by atoms with E-state index in [1.165, 1.54) is 0 Å². The van der Waals surface area contributed by atoms with Crippen LogP contribution in [0.2, 0.25) is 5.15 Å². The van der Waals surface area contributed by atoms with E-state index in [0.29, 0.717) is 16.4 Å². The number of anilines is 1. The van der Waals surface area contributed by atoms with Crippen LogP contribution >= 0.6 is 11.6 Å². The van der Waals surface area contributed by atoms with Crippen LogP contribution in [0.5, 0.6) is 0 Å². The van der Waals surface area contributed by atoms with Crippen LogP contribution in [0.15, 0.2) is 60.8 Å². The summed E-state index contributed by atoms with van der Waals surface area (Å²) in [5, 5.41) is 5.13. The fraction of sp³-hybridized carbons (Fsp3) is 0. The number of fused-ring (bicyclic) bond motifs is 1. The molecule has 0 atom stereocenters. The molecule has 2 aromatic carbocycles. The fourth-order valence-electron chi connectivity index (χ4n) is 2.10. The van der Waals surface area contributed by atoms with Gasteiger partial charge in [0.05, 0.1) is 0 Å². The minimum atomic E-state index is -0.163. The predicted molar refractivity (Wildman–Crippen MR) is 81.1 cm³/mol. The Morgan fingerprint density at radius 2 is 1.85 bits per heavy atom. The number of halogens is 1. The van der Waals surface area contributed by atoms with E-state index < -0.39 is 0 Å². The Bertz CT molecular complexity index is 781. The Labute approximate surface area is 121 Å². The van der Waals surface area contributed by atoms with E-state index in [0.717, 1.165) is 10.8 Å². The Balaban J connectivity index is 1.97. The van der Waals surface area contributed by atoms with Gasteiger partial charge < -0.3 is 5.32 Å². The third-order valence-corrected chi connectivity index (χ3v) is 3.23. The van der Waals surface area contributed by atoms with Crippen molar-refractivity contribution in [1.29, 1.82) is 0 Å². The number of nitrogens with one attached hydrogen (secondary N) is 1. The topological polar surface area (TPSA) is 42.0 Å². The van der Waals surface area contributed by atoms with Crippen molar-refractivity contribution in [2.75, 3.05) is 5.32 Å². The lowest BCUT2D eigenvalue weighted by atomic mass is 10.0. The van der Waals surface area contributed by atoms with Gasteiger partial charge in [-0.3, -0.25) is 4.79 Å². The fourth-order valence-corrected chi connectivity index (χ4v) is 2.28. The van der Waals surface area contributed by atoms with Gasteiger partial charge in [-0.05, 0) is 29.0 Å². The summed E-state index contributed by atoms with van der Waals surface area (Å²) >= 11 is 5.81. The molecule has 1 aromatic heterocycles. The van der Waals surface area contributed by atoms with Crippen LogP contribution in [0, 0.1) is 0 Å². The monoisotopic (exact) mass is 282 g/mol. The molecule has 0 aliphatic carbocycles. The molecule has 0 bridgehead atoms. The summed E-state index contributed by atoms with van der Waals surface area (Å²) in [7, 11) is 0. The van der Waals surface area contributed by atoms with Crippen molar-refractivity contribution < 1.29 is 4.79 Å². The number of hydrogen-bond acceptors (Lipinski definition) is 2. The molecule has 98 valence electrons. The first kappa shape index (κ1) is 12.6. The number of amides is 1. The molecular weight excluding hydrogens is 272 g/mol. The third-order valence-electron chi connectivity index (χ3n) is 3.02. The van der Waals surface area contributed by atoms with Crippen molar-refractivity contribution in [1.82, 2.24) is 4.98 Å². The summed E-state index contributed by atoms with van der Waals surface area (Å²) in [6, 6.07) is 16.8. The molecule has 4 heteroatoms. The molecule has 0 aliphatic rings. The van der Waals surface area contributed by atoms with Gasteiger partial charge in [-0.2, -0.15) is 0 Å². The number of carbonyl (C=O) groups is 1. The van der Waals surface area contributed by atoms with Crippen LogP contribution in [0.4, 0.5) is 5.69 Å². The normalized spacial score (nSPS) is 10.4. The summed E-state index contributed by atoms with van der Waals surface area (Å²) in [6.45, 7) is 0. The zero-order chi connectivity index (χ0) is 13.9. The van der Waals surface area contributed by atoms with Crippen LogP contribution in [-0.2, 0) is 0 Å². The van der Waals surface area contributed by atoms with E-state index >= 15 is 0 Å². The van der Waals surface area contributed by atoms with Crippen LogP contribution in [0.1, 0.15) is 10.4 Å². The summed E-state index contributed by atoms with van der Waals surface area (Å²) in [6.07, 6.45) is 1.56. The molecule has 0 saturated carbocycles. The van der Waals surface area contributed by atoms with Gasteiger partial charge in [0.15, 0.2) is 0 Å². The lowest BCUT2D eigenvalue weighted by Crippen LogP contribution is -2.12. The maximum Gasteiger partial charge on any atom is 0.256 e. The van der Waals surface area contributed by atoms with Gasteiger partial charge in [-0.1, -0.05) is 48.0 Å². The average molecular weight is 283 g/mol. The molecule has 20 heavy (non-hydrogen) atoms. The van der Waals surface area contributed by atoms with Gasteiger partial charge in [0.1, 0.15) is 5.15 Å². The first-order valence-corrected chi connectivity index (χ1v) is 6.52. The average Bonchev–Trinajstić information content (AvgIpc) is 2.46. The van der Waals surface area contributed by atoms with Gasteiger partial charge >= 0.3 is 0 Å². The molecule has 3 rings (SSSR count). The van der Waals surface area contributed by atoms with Crippen LogP contribution < -0.4 is 5.32 Å². The lowest BCUT2D eigenvalue weighted by molar-refractivity contribution is 0.102. The van der Waals surface area contributed by atoms with Crippen LogP contribution in [0.25, 0.3) is 10.8 Å². The van der Waals surface area contributed by atoms with E-state index in [1.54, 1.807) is 24.4 Å². The van der Waals surface area contributed by atoms with Gasteiger partial charge in [0.2, 0.25) is 0 Å². The van der Waals surface area contributed by atoms with E-state index in [9.17, 15) is 4.79 Å². The highest BCUT2D eigenvalue weighted by atomic mass is 35.5. The van der Waals surface area contributed by atoms with Crippen LogP contribution in [0.3, 0.4) is 0 Å². The Hall–Kier alpha value is -2.39. The number of aromatic nitrogens is 1. The largest absolute Gasteiger partial charge is 0.322 e. The lowest BCUT2D eigenvalue weighted by Gasteiger charge is -2.08. The van der Waals surface area contributed by atoms with Gasteiger partial charge in [0, 0.05) is 17.4 Å². The number of hydrogen-bond donors (Lipinski definition) is 1. The molecular formula is C16H11ClN2O. The number of carbonyl (C=O) groups excluding carboxylic acids is 1. The highest BCUT2D eigenvalue weighted by Gasteiger charge is 2.10. The van der Waals surface area contributed by atoms with Crippen molar-refractivity contribution in [3.8, 4) is 0 Å². The van der Waals surface area contributed by atoms with E-state index in [-0.39, 0.29) is 5.91 Å². The van der Waals surface area contributed by atoms with Gasteiger partial charge in [-0.25, -0.2) is 4.98 Å². The zero-order valence-corrected chi connectivity index (χ0v) is 11.3. The highest BCUT2D eigenvalue weighted by molar-refractivity contribution is 6.29. The van der Waals surface area contributed by atoms with Gasteiger partial charge in [-0.15, -0.1) is 0 Å². The second kappa shape index (κ2) is 5.31. The highest BCUT2D eigenvalue weighted by Crippen LogP contribution is 2.20. The maximum atomic E-state index is 12.4. The number of pyridine rings is 1. The molecule has 1 N–H and O–H groups in total. The maximum absolute atomic E-state index is 12.4. The molecule has 0 aliphatic heterocycles. The molecule has 3 aromatic rings. The smallest absolute Gasteiger partial charge is 0.256 e. The predicted octanol–water partition coefficient (Wildman–Crippen LogP) is 4.14. The van der Waals surface area contributed by atoms with Crippen molar-refractivity contribution in [2.45, 2.75) is 0 Å². The third kappa shape index (κ3) is 2.49. The van der Waals surface area contributed by atoms with E-state index in [1.807, 2.05) is 36.4 Å². The summed E-state index contributed by atoms with van der Waals surface area (Å²) in [4.78, 5) is 16.2. The van der Waals surface area contributed by atoms with Crippen molar-refractivity contribution in [3.63, 3.8) is 0 Å². The summed E-state index contributed by atoms with van der Waals surface area (Å²) in [5.41, 5.74) is 1.26. The quantitative estimate of drug-likeness (QED) is 0.718. The zero-order valence-electron chi connectivity index (χ0n) is 10.5. The Morgan fingerprint density at radius 3 is 2.70 bits per heavy atom. The molecule has 3 nitrogen and oxygen atoms in total.